The second kappa shape index (κ2) is 11.0. The van der Waals surface area contributed by atoms with Gasteiger partial charge in [0.2, 0.25) is 5.91 Å². The number of hydrogen-bond acceptors (Lipinski definition) is 5. The maximum absolute atomic E-state index is 13.4. The molecule has 7 nitrogen and oxygen atoms in total. The first-order chi connectivity index (χ1) is 16.8. The molecule has 2 amide bonds. The number of halogens is 1. The van der Waals surface area contributed by atoms with Crippen LogP contribution in [0.2, 0.25) is 5.02 Å². The van der Waals surface area contributed by atoms with Gasteiger partial charge in [-0.3, -0.25) is 14.4 Å². The summed E-state index contributed by atoms with van der Waals surface area (Å²) < 4.78 is 5.00. The lowest BCUT2D eigenvalue weighted by molar-refractivity contribution is -0.156. The second-order valence-corrected chi connectivity index (χ2v) is 10.7. The first-order valence-electron chi connectivity index (χ1n) is 12.1. The van der Waals surface area contributed by atoms with Crippen LogP contribution >= 0.6 is 11.6 Å². The molecule has 3 atom stereocenters. The van der Waals surface area contributed by atoms with Gasteiger partial charge in [-0.05, 0) is 48.7 Å². The number of hydrogen-bond donors (Lipinski definition) is 2. The van der Waals surface area contributed by atoms with E-state index in [1.165, 1.54) is 6.92 Å². The van der Waals surface area contributed by atoms with Gasteiger partial charge in [-0.2, -0.15) is 0 Å². The van der Waals surface area contributed by atoms with Crippen LogP contribution in [0.1, 0.15) is 62.5 Å². The van der Waals surface area contributed by atoms with E-state index in [-0.39, 0.29) is 18.4 Å². The Balaban J connectivity index is 1.64. The van der Waals surface area contributed by atoms with Gasteiger partial charge in [0.1, 0.15) is 6.61 Å². The molecule has 1 saturated heterocycles. The number of likely N-dealkylation sites (tertiary alicyclic amines) is 1. The average Bonchev–Trinajstić information content (AvgIpc) is 2.84. The molecule has 3 rings (SSSR count). The molecule has 2 aromatic carbocycles. The fourth-order valence-corrected chi connectivity index (χ4v) is 4.80. The second-order valence-electron chi connectivity index (χ2n) is 10.3. The number of carbonyl (C=O) groups is 3. The van der Waals surface area contributed by atoms with Gasteiger partial charge in [0.15, 0.2) is 0 Å². The van der Waals surface area contributed by atoms with E-state index in [2.05, 4.69) is 5.32 Å². The maximum atomic E-state index is 13.4. The Bertz CT molecular complexity index is 1120. The summed E-state index contributed by atoms with van der Waals surface area (Å²) in [5.41, 5.74) is 0.239. The molecule has 0 bridgehead atoms. The van der Waals surface area contributed by atoms with E-state index in [9.17, 15) is 19.5 Å². The first-order valence-corrected chi connectivity index (χ1v) is 12.5. The third-order valence-corrected chi connectivity index (χ3v) is 7.46. The fraction of sp³-hybridized carbons (Fsp3) is 0.464. The molecule has 0 aliphatic carbocycles. The summed E-state index contributed by atoms with van der Waals surface area (Å²) in [4.78, 5) is 39.0. The van der Waals surface area contributed by atoms with Crippen LogP contribution in [-0.2, 0) is 26.5 Å². The highest BCUT2D eigenvalue weighted by Crippen LogP contribution is 2.46. The van der Waals surface area contributed by atoms with E-state index in [1.54, 1.807) is 48.2 Å². The number of esters is 1. The first kappa shape index (κ1) is 27.7. The Morgan fingerprint density at radius 2 is 1.81 bits per heavy atom. The smallest absolute Gasteiger partial charge is 0.302 e. The molecule has 1 fully saturated rings. The van der Waals surface area contributed by atoms with Gasteiger partial charge in [0, 0.05) is 42.1 Å². The van der Waals surface area contributed by atoms with E-state index in [1.807, 2.05) is 32.9 Å². The van der Waals surface area contributed by atoms with Crippen LogP contribution in [0.4, 0.5) is 0 Å². The summed E-state index contributed by atoms with van der Waals surface area (Å²) in [6.45, 7) is 9.74. The molecule has 8 heteroatoms. The lowest BCUT2D eigenvalue weighted by Crippen LogP contribution is -2.58. The average molecular weight is 515 g/mol. The van der Waals surface area contributed by atoms with Crippen molar-refractivity contribution in [2.45, 2.75) is 59.3 Å². The summed E-state index contributed by atoms with van der Waals surface area (Å²) in [6.07, 6.45) is 0.399. The molecule has 2 aromatic rings. The number of rotatable bonds is 7. The van der Waals surface area contributed by atoms with E-state index < -0.39 is 28.9 Å². The molecule has 1 unspecified atom stereocenters. The summed E-state index contributed by atoms with van der Waals surface area (Å²) in [5.74, 6) is -1.23. The number of amides is 2. The molecule has 1 aliphatic rings. The van der Waals surface area contributed by atoms with Crippen LogP contribution in [-0.4, -0.2) is 46.9 Å². The van der Waals surface area contributed by atoms with Crippen molar-refractivity contribution in [3.8, 4) is 0 Å². The van der Waals surface area contributed by atoms with Gasteiger partial charge >= 0.3 is 5.97 Å². The number of benzene rings is 2. The number of ether oxygens (including phenoxy) is 1. The molecular weight excluding hydrogens is 480 g/mol. The van der Waals surface area contributed by atoms with E-state index in [4.69, 9.17) is 16.3 Å². The molecule has 0 spiro atoms. The third-order valence-electron chi connectivity index (χ3n) is 7.21. The Kier molecular flexibility index (Phi) is 8.47. The maximum Gasteiger partial charge on any atom is 0.302 e. The SMILES string of the molecule is CC(=O)OCc1cccc(C(=O)NC(C)[C@@H](C)C(=O)N2CC[C@](O)(c3ccc(Cl)cc3)C(C)(C)C2)c1. The number of carbonyl (C=O) groups excluding carboxylic acids is 3. The minimum atomic E-state index is -1.09. The standard InChI is InChI=1S/C28H35ClN2O5/c1-18(19(2)30-25(33)22-8-6-7-21(15-22)16-36-20(3)32)26(34)31-14-13-28(35,27(4,5)17-31)23-9-11-24(29)12-10-23/h6-12,15,18-19,35H,13-14,16-17H2,1-5H3,(H,30,33)/t18-,19?,28+/m1/s1. The lowest BCUT2D eigenvalue weighted by atomic mass is 9.66. The quantitative estimate of drug-likeness (QED) is 0.537. The molecule has 1 aliphatic heterocycles. The normalized spacial score (nSPS) is 20.8. The van der Waals surface area contributed by atoms with Crippen molar-refractivity contribution in [2.24, 2.45) is 11.3 Å². The van der Waals surface area contributed by atoms with E-state index in [0.29, 0.717) is 35.7 Å². The van der Waals surface area contributed by atoms with Crippen LogP contribution in [0.3, 0.4) is 0 Å². The highest BCUT2D eigenvalue weighted by atomic mass is 35.5. The van der Waals surface area contributed by atoms with Crippen LogP contribution in [0.15, 0.2) is 48.5 Å². The van der Waals surface area contributed by atoms with Crippen molar-refractivity contribution in [2.75, 3.05) is 13.1 Å². The zero-order chi connectivity index (χ0) is 26.7. The number of aliphatic hydroxyl groups is 1. The van der Waals surface area contributed by atoms with Crippen molar-refractivity contribution in [1.82, 2.24) is 10.2 Å². The number of piperidine rings is 1. The Morgan fingerprint density at radius 1 is 1.14 bits per heavy atom. The van der Waals surface area contributed by atoms with Crippen molar-refractivity contribution in [1.29, 1.82) is 0 Å². The number of nitrogens with one attached hydrogen (secondary N) is 1. The zero-order valence-corrected chi connectivity index (χ0v) is 22.3. The van der Waals surface area contributed by atoms with Gasteiger partial charge in [-0.15, -0.1) is 0 Å². The zero-order valence-electron chi connectivity index (χ0n) is 21.5. The molecule has 194 valence electrons. The van der Waals surface area contributed by atoms with Crippen LogP contribution in [0, 0.1) is 11.3 Å². The van der Waals surface area contributed by atoms with Gasteiger partial charge in [-0.1, -0.05) is 56.6 Å². The minimum absolute atomic E-state index is 0.0716. The van der Waals surface area contributed by atoms with Crippen LogP contribution in [0.5, 0.6) is 0 Å². The van der Waals surface area contributed by atoms with Crippen molar-refractivity contribution in [3.05, 3.63) is 70.2 Å². The van der Waals surface area contributed by atoms with Gasteiger partial charge in [-0.25, -0.2) is 0 Å². The number of nitrogens with zero attached hydrogens (tertiary/aromatic N) is 1. The fourth-order valence-electron chi connectivity index (χ4n) is 4.68. The highest BCUT2D eigenvalue weighted by Gasteiger charge is 2.50. The molecule has 1 heterocycles. The van der Waals surface area contributed by atoms with Crippen molar-refractivity contribution in [3.63, 3.8) is 0 Å². The van der Waals surface area contributed by atoms with Crippen LogP contribution in [0.25, 0.3) is 0 Å². The summed E-state index contributed by atoms with van der Waals surface area (Å²) in [7, 11) is 0. The molecule has 0 radical (unpaired) electrons. The predicted octanol–water partition coefficient (Wildman–Crippen LogP) is 4.30. The third kappa shape index (κ3) is 6.08. The monoisotopic (exact) mass is 514 g/mol. The van der Waals surface area contributed by atoms with E-state index in [0.717, 1.165) is 5.56 Å². The predicted molar refractivity (Wildman–Crippen MR) is 138 cm³/mol. The van der Waals surface area contributed by atoms with Gasteiger partial charge in [0.25, 0.3) is 5.91 Å². The largest absolute Gasteiger partial charge is 0.461 e. The topological polar surface area (TPSA) is 95.9 Å². The van der Waals surface area contributed by atoms with Crippen molar-refractivity contribution >= 4 is 29.4 Å². The van der Waals surface area contributed by atoms with Crippen molar-refractivity contribution < 1.29 is 24.2 Å². The summed E-state index contributed by atoms with van der Waals surface area (Å²) in [5, 5.41) is 15.1. The summed E-state index contributed by atoms with van der Waals surface area (Å²) >= 11 is 6.02. The molecular formula is C28H35ClN2O5. The minimum Gasteiger partial charge on any atom is -0.461 e. The molecule has 0 aromatic heterocycles. The van der Waals surface area contributed by atoms with Gasteiger partial charge < -0.3 is 20.1 Å². The molecule has 0 saturated carbocycles. The Hall–Kier alpha value is -2.90. The highest BCUT2D eigenvalue weighted by molar-refractivity contribution is 6.30. The Morgan fingerprint density at radius 3 is 2.42 bits per heavy atom. The van der Waals surface area contributed by atoms with E-state index >= 15 is 0 Å². The van der Waals surface area contributed by atoms with Gasteiger partial charge in [0.05, 0.1) is 11.5 Å². The Labute approximate surface area is 217 Å². The lowest BCUT2D eigenvalue weighted by Gasteiger charge is -2.51. The van der Waals surface area contributed by atoms with Crippen LogP contribution < -0.4 is 5.32 Å². The molecule has 2 N–H and O–H groups in total. The summed E-state index contributed by atoms with van der Waals surface area (Å²) in [6, 6.07) is 13.6. The molecule has 36 heavy (non-hydrogen) atoms.